The summed E-state index contributed by atoms with van der Waals surface area (Å²) in [6.45, 7) is 6.53. The van der Waals surface area contributed by atoms with E-state index in [0.29, 0.717) is 40.1 Å². The molecule has 3 aromatic carbocycles. The fraction of sp³-hybridized carbons (Fsp3) is 0.148. The highest BCUT2D eigenvalue weighted by Gasteiger charge is 2.15. The van der Waals surface area contributed by atoms with E-state index in [0.717, 1.165) is 22.3 Å². The molecule has 0 amide bonds. The maximum Gasteiger partial charge on any atom is 0.165 e. The Morgan fingerprint density at radius 1 is 1.03 bits per heavy atom. The molecule has 3 rings (SSSR count). The maximum absolute atomic E-state index is 9.68. The third-order valence-electron chi connectivity index (χ3n) is 4.72. The first-order valence-electron chi connectivity index (χ1n) is 10.2. The Hall–Kier alpha value is -3.19. The van der Waals surface area contributed by atoms with Crippen LogP contribution < -0.4 is 9.47 Å². The molecular weight excluding hydrogens is 441 g/mol. The van der Waals surface area contributed by atoms with Gasteiger partial charge in [0.05, 0.1) is 18.2 Å². The van der Waals surface area contributed by atoms with Gasteiger partial charge in [0.1, 0.15) is 6.61 Å². The zero-order chi connectivity index (χ0) is 22.9. The lowest BCUT2D eigenvalue weighted by molar-refractivity contribution is 0.267. The van der Waals surface area contributed by atoms with Crippen molar-refractivity contribution in [2.75, 3.05) is 6.61 Å². The predicted octanol–water partition coefficient (Wildman–Crippen LogP) is 7.76. The molecule has 0 N–H and O–H groups in total. The molecule has 0 bridgehead atoms. The molecule has 162 valence electrons. The largest absolute Gasteiger partial charge is 0.490 e. The van der Waals surface area contributed by atoms with Crippen LogP contribution in [0.3, 0.4) is 0 Å². The van der Waals surface area contributed by atoms with Crippen LogP contribution >= 0.6 is 23.2 Å². The van der Waals surface area contributed by atoms with Gasteiger partial charge < -0.3 is 9.47 Å². The van der Waals surface area contributed by atoms with E-state index in [1.54, 1.807) is 12.1 Å². The molecule has 3 aromatic rings. The molecule has 5 heteroatoms. The van der Waals surface area contributed by atoms with Crippen LogP contribution in [0.4, 0.5) is 0 Å². The molecule has 0 aliphatic rings. The summed E-state index contributed by atoms with van der Waals surface area (Å²) in [7, 11) is 0. The summed E-state index contributed by atoms with van der Waals surface area (Å²) in [5.41, 5.74) is 4.01. The van der Waals surface area contributed by atoms with Gasteiger partial charge >= 0.3 is 0 Å². The fourth-order valence-electron chi connectivity index (χ4n) is 3.25. The van der Waals surface area contributed by atoms with Crippen LogP contribution in [0.5, 0.6) is 11.5 Å². The van der Waals surface area contributed by atoms with Crippen LogP contribution in [0.15, 0.2) is 73.3 Å². The summed E-state index contributed by atoms with van der Waals surface area (Å²) < 4.78 is 12.1. The van der Waals surface area contributed by atoms with E-state index in [4.69, 9.17) is 32.7 Å². The van der Waals surface area contributed by atoms with Crippen molar-refractivity contribution in [2.45, 2.75) is 20.0 Å². The van der Waals surface area contributed by atoms with Crippen LogP contribution in [0, 0.1) is 11.3 Å². The number of rotatable bonds is 9. The van der Waals surface area contributed by atoms with E-state index in [9.17, 15) is 5.26 Å². The highest BCUT2D eigenvalue weighted by molar-refractivity contribution is 6.35. The van der Waals surface area contributed by atoms with Gasteiger partial charge in [-0.25, -0.2) is 0 Å². The van der Waals surface area contributed by atoms with Crippen LogP contribution in [-0.2, 0) is 13.0 Å². The average molecular weight is 464 g/mol. The molecule has 0 fully saturated rings. The molecule has 0 aromatic heterocycles. The number of benzene rings is 3. The van der Waals surface area contributed by atoms with Crippen LogP contribution in [0.25, 0.3) is 11.6 Å². The summed E-state index contributed by atoms with van der Waals surface area (Å²) in [6.07, 6.45) is 4.24. The lowest BCUT2D eigenvalue weighted by atomic mass is 10.0. The van der Waals surface area contributed by atoms with Gasteiger partial charge in [0.25, 0.3) is 0 Å². The number of ether oxygens (including phenoxy) is 2. The maximum atomic E-state index is 9.68. The Kier molecular flexibility index (Phi) is 8.39. The van der Waals surface area contributed by atoms with Crippen molar-refractivity contribution in [1.82, 2.24) is 0 Å². The molecule has 3 nitrogen and oxygen atoms in total. The number of hydrogen-bond donors (Lipinski definition) is 0. The molecule has 0 aliphatic carbocycles. The second-order valence-corrected chi connectivity index (χ2v) is 7.84. The van der Waals surface area contributed by atoms with E-state index in [1.165, 1.54) is 0 Å². The number of allylic oxidation sites excluding steroid dienone is 2. The minimum atomic E-state index is 0.267. The highest BCUT2D eigenvalue weighted by Crippen LogP contribution is 2.36. The Morgan fingerprint density at radius 3 is 2.47 bits per heavy atom. The van der Waals surface area contributed by atoms with Gasteiger partial charge in [-0.2, -0.15) is 5.26 Å². The van der Waals surface area contributed by atoms with Crippen molar-refractivity contribution in [3.63, 3.8) is 0 Å². The molecule has 0 spiro atoms. The minimum absolute atomic E-state index is 0.267. The van der Waals surface area contributed by atoms with Crippen molar-refractivity contribution < 1.29 is 9.47 Å². The third kappa shape index (κ3) is 5.95. The molecule has 0 heterocycles. The summed E-state index contributed by atoms with van der Waals surface area (Å²) >= 11 is 12.3. The fourth-order valence-corrected chi connectivity index (χ4v) is 3.72. The SMILES string of the molecule is C=CCc1cc(/C=C(\C#N)c2ccccc2)cc(OCC)c1OCc1ccc(Cl)cc1Cl. The molecule has 0 saturated carbocycles. The van der Waals surface area contributed by atoms with E-state index in [1.807, 2.05) is 67.6 Å². The van der Waals surface area contributed by atoms with Gasteiger partial charge in [0.15, 0.2) is 11.5 Å². The van der Waals surface area contributed by atoms with Crippen LogP contribution in [0.1, 0.15) is 29.2 Å². The Bertz CT molecular complexity index is 1160. The Morgan fingerprint density at radius 2 is 1.81 bits per heavy atom. The van der Waals surface area contributed by atoms with Crippen LogP contribution in [0.2, 0.25) is 10.0 Å². The first kappa shape index (κ1) is 23.5. The Balaban J connectivity index is 2.00. The van der Waals surface area contributed by atoms with Gasteiger partial charge in [-0.3, -0.25) is 0 Å². The van der Waals surface area contributed by atoms with E-state index >= 15 is 0 Å². The summed E-state index contributed by atoms with van der Waals surface area (Å²) in [6, 6.07) is 21.0. The van der Waals surface area contributed by atoms with Crippen molar-refractivity contribution >= 4 is 34.9 Å². The lowest BCUT2D eigenvalue weighted by Gasteiger charge is -2.17. The van der Waals surface area contributed by atoms with E-state index in [2.05, 4.69) is 12.6 Å². The first-order chi connectivity index (χ1) is 15.5. The molecule has 0 atom stereocenters. The van der Waals surface area contributed by atoms with Gasteiger partial charge in [-0.15, -0.1) is 6.58 Å². The van der Waals surface area contributed by atoms with E-state index < -0.39 is 0 Å². The smallest absolute Gasteiger partial charge is 0.165 e. The highest BCUT2D eigenvalue weighted by atomic mass is 35.5. The zero-order valence-electron chi connectivity index (χ0n) is 17.8. The van der Waals surface area contributed by atoms with E-state index in [-0.39, 0.29) is 6.61 Å². The normalized spacial score (nSPS) is 11.0. The second-order valence-electron chi connectivity index (χ2n) is 6.99. The van der Waals surface area contributed by atoms with Crippen LogP contribution in [-0.4, -0.2) is 6.61 Å². The summed E-state index contributed by atoms with van der Waals surface area (Å²) in [4.78, 5) is 0. The van der Waals surface area contributed by atoms with Gasteiger partial charge in [-0.05, 0) is 54.8 Å². The van der Waals surface area contributed by atoms with Gasteiger partial charge in [0.2, 0.25) is 0 Å². The zero-order valence-corrected chi connectivity index (χ0v) is 19.3. The van der Waals surface area contributed by atoms with Crippen molar-refractivity contribution in [3.05, 3.63) is 106 Å². The van der Waals surface area contributed by atoms with Crippen molar-refractivity contribution in [3.8, 4) is 17.6 Å². The van der Waals surface area contributed by atoms with Crippen molar-refractivity contribution in [2.24, 2.45) is 0 Å². The number of nitrogens with zero attached hydrogens (tertiary/aromatic N) is 1. The van der Waals surface area contributed by atoms with Gasteiger partial charge in [-0.1, -0.05) is 65.7 Å². The third-order valence-corrected chi connectivity index (χ3v) is 5.31. The number of nitriles is 1. The molecular formula is C27H23Cl2NO2. The minimum Gasteiger partial charge on any atom is -0.490 e. The summed E-state index contributed by atoms with van der Waals surface area (Å²) in [5.74, 6) is 1.24. The molecule has 32 heavy (non-hydrogen) atoms. The summed E-state index contributed by atoms with van der Waals surface area (Å²) in [5, 5.41) is 10.8. The standard InChI is InChI=1S/C27H23Cl2NO2/c1-3-8-21-13-19(14-23(17-30)20-9-6-5-7-10-20)15-26(31-4-2)27(21)32-18-22-11-12-24(28)16-25(22)29/h3,5-7,9-16H,1,4,8,18H2,2H3/b23-14+. The number of hydrogen-bond acceptors (Lipinski definition) is 3. The second kappa shape index (κ2) is 11.4. The molecule has 0 radical (unpaired) electrons. The Labute approximate surface area is 199 Å². The quantitative estimate of drug-likeness (QED) is 0.185. The predicted molar refractivity (Wildman–Crippen MR) is 132 cm³/mol. The lowest BCUT2D eigenvalue weighted by Crippen LogP contribution is -2.04. The van der Waals surface area contributed by atoms with Gasteiger partial charge in [0, 0.05) is 21.2 Å². The monoisotopic (exact) mass is 463 g/mol. The topological polar surface area (TPSA) is 42.2 Å². The number of halogens is 2. The molecule has 0 unspecified atom stereocenters. The molecule has 0 aliphatic heterocycles. The molecule has 0 saturated heterocycles. The average Bonchev–Trinajstić information content (AvgIpc) is 2.79. The van der Waals surface area contributed by atoms with Crippen molar-refractivity contribution in [1.29, 1.82) is 5.26 Å². The first-order valence-corrected chi connectivity index (χ1v) is 11.0.